The molecule has 0 bridgehead atoms. The van der Waals surface area contributed by atoms with Crippen LogP contribution in [0.3, 0.4) is 0 Å². The first-order valence-corrected chi connectivity index (χ1v) is 6.67. The van der Waals surface area contributed by atoms with Crippen molar-refractivity contribution in [3.8, 4) is 0 Å². The summed E-state index contributed by atoms with van der Waals surface area (Å²) in [5, 5.41) is 0. The lowest BCUT2D eigenvalue weighted by atomic mass is 9.91. The Bertz CT molecular complexity index is 471. The van der Waals surface area contributed by atoms with Gasteiger partial charge < -0.3 is 4.74 Å². The SMILES string of the molecule is CCc1cccc2c1N(C(=O)CCl)COC2(C)C. The summed E-state index contributed by atoms with van der Waals surface area (Å²) in [6, 6.07) is 6.08. The van der Waals surface area contributed by atoms with Gasteiger partial charge in [0.05, 0.1) is 11.3 Å². The lowest BCUT2D eigenvalue weighted by Crippen LogP contribution is -2.44. The number of anilines is 1. The molecule has 0 radical (unpaired) electrons. The van der Waals surface area contributed by atoms with Crippen LogP contribution < -0.4 is 4.90 Å². The van der Waals surface area contributed by atoms with E-state index in [-0.39, 0.29) is 24.1 Å². The second kappa shape index (κ2) is 4.90. The van der Waals surface area contributed by atoms with E-state index < -0.39 is 0 Å². The molecule has 0 aliphatic carbocycles. The first-order valence-electron chi connectivity index (χ1n) is 6.14. The number of aryl methyl sites for hydroxylation is 1. The van der Waals surface area contributed by atoms with Crippen LogP contribution in [-0.2, 0) is 21.6 Å². The molecule has 2 rings (SSSR count). The Morgan fingerprint density at radius 1 is 1.50 bits per heavy atom. The van der Waals surface area contributed by atoms with E-state index >= 15 is 0 Å². The van der Waals surface area contributed by atoms with Gasteiger partial charge in [0.15, 0.2) is 0 Å². The molecule has 18 heavy (non-hydrogen) atoms. The third-order valence-electron chi connectivity index (χ3n) is 3.39. The number of para-hydroxylation sites is 1. The van der Waals surface area contributed by atoms with Gasteiger partial charge in [0.1, 0.15) is 12.6 Å². The highest BCUT2D eigenvalue weighted by Gasteiger charge is 2.35. The van der Waals surface area contributed by atoms with E-state index in [2.05, 4.69) is 13.0 Å². The Morgan fingerprint density at radius 3 is 2.83 bits per heavy atom. The fourth-order valence-electron chi connectivity index (χ4n) is 2.32. The molecule has 4 heteroatoms. The normalized spacial score (nSPS) is 17.4. The molecule has 1 heterocycles. The number of benzene rings is 1. The number of halogens is 1. The molecule has 1 amide bonds. The lowest BCUT2D eigenvalue weighted by molar-refractivity contribution is -0.119. The maximum Gasteiger partial charge on any atom is 0.243 e. The fourth-order valence-corrected chi connectivity index (χ4v) is 2.46. The Balaban J connectivity index is 2.59. The van der Waals surface area contributed by atoms with E-state index in [0.29, 0.717) is 0 Å². The Kier molecular flexibility index (Phi) is 3.64. The Morgan fingerprint density at radius 2 is 2.22 bits per heavy atom. The molecule has 0 spiro atoms. The third kappa shape index (κ3) is 2.13. The van der Waals surface area contributed by atoms with Crippen LogP contribution in [0.15, 0.2) is 18.2 Å². The number of carbonyl (C=O) groups excluding carboxylic acids is 1. The molecular weight excluding hydrogens is 250 g/mol. The predicted octanol–water partition coefficient (Wildman–Crippen LogP) is 3.04. The zero-order chi connectivity index (χ0) is 13.3. The molecule has 1 aromatic carbocycles. The van der Waals surface area contributed by atoms with Gasteiger partial charge in [-0.15, -0.1) is 11.6 Å². The van der Waals surface area contributed by atoms with Gasteiger partial charge in [-0.05, 0) is 25.8 Å². The lowest BCUT2D eigenvalue weighted by Gasteiger charge is -2.40. The van der Waals surface area contributed by atoms with Crippen molar-refractivity contribution in [3.05, 3.63) is 29.3 Å². The monoisotopic (exact) mass is 267 g/mol. The van der Waals surface area contributed by atoms with Crippen molar-refractivity contribution in [1.29, 1.82) is 0 Å². The van der Waals surface area contributed by atoms with Crippen molar-refractivity contribution in [3.63, 3.8) is 0 Å². The van der Waals surface area contributed by atoms with E-state index in [1.807, 2.05) is 26.0 Å². The van der Waals surface area contributed by atoms with Crippen LogP contribution in [0.25, 0.3) is 0 Å². The summed E-state index contributed by atoms with van der Waals surface area (Å²) in [6.45, 7) is 6.39. The highest BCUT2D eigenvalue weighted by molar-refractivity contribution is 6.29. The number of hydrogen-bond acceptors (Lipinski definition) is 2. The van der Waals surface area contributed by atoms with Gasteiger partial charge >= 0.3 is 0 Å². The molecule has 0 unspecified atom stereocenters. The zero-order valence-electron chi connectivity index (χ0n) is 11.0. The minimum Gasteiger partial charge on any atom is -0.350 e. The van der Waals surface area contributed by atoms with Crippen molar-refractivity contribution in [2.75, 3.05) is 17.5 Å². The first-order chi connectivity index (χ1) is 8.51. The zero-order valence-corrected chi connectivity index (χ0v) is 11.8. The van der Waals surface area contributed by atoms with Gasteiger partial charge in [0, 0.05) is 5.56 Å². The predicted molar refractivity (Wildman–Crippen MR) is 73.0 cm³/mol. The highest BCUT2D eigenvalue weighted by atomic mass is 35.5. The first kappa shape index (κ1) is 13.4. The van der Waals surface area contributed by atoms with Crippen molar-refractivity contribution < 1.29 is 9.53 Å². The van der Waals surface area contributed by atoms with Crippen LogP contribution in [-0.4, -0.2) is 18.5 Å². The van der Waals surface area contributed by atoms with Crippen LogP contribution in [0.5, 0.6) is 0 Å². The van der Waals surface area contributed by atoms with E-state index in [4.69, 9.17) is 16.3 Å². The standard InChI is InChI=1S/C14H18ClNO2/c1-4-10-6-5-7-11-13(10)16(12(17)8-15)9-18-14(11,2)3/h5-7H,4,8-9H2,1-3H3. The van der Waals surface area contributed by atoms with Crippen molar-refractivity contribution in [2.45, 2.75) is 32.8 Å². The van der Waals surface area contributed by atoms with E-state index in [1.54, 1.807) is 4.90 Å². The number of rotatable bonds is 2. The average molecular weight is 268 g/mol. The molecule has 0 fully saturated rings. The van der Waals surface area contributed by atoms with E-state index in [9.17, 15) is 4.79 Å². The van der Waals surface area contributed by atoms with Gasteiger partial charge in [-0.25, -0.2) is 0 Å². The third-order valence-corrected chi connectivity index (χ3v) is 3.62. The molecule has 1 aliphatic rings. The van der Waals surface area contributed by atoms with Gasteiger partial charge in [-0.1, -0.05) is 25.1 Å². The topological polar surface area (TPSA) is 29.5 Å². The summed E-state index contributed by atoms with van der Waals surface area (Å²) in [6.07, 6.45) is 0.880. The van der Waals surface area contributed by atoms with Crippen LogP contribution in [0.2, 0.25) is 0 Å². The van der Waals surface area contributed by atoms with Gasteiger partial charge in [-0.3, -0.25) is 9.69 Å². The summed E-state index contributed by atoms with van der Waals surface area (Å²) in [7, 11) is 0. The summed E-state index contributed by atoms with van der Waals surface area (Å²) >= 11 is 5.67. The minimum atomic E-state index is -0.371. The Hall–Kier alpha value is -1.06. The molecule has 0 saturated heterocycles. The van der Waals surface area contributed by atoms with Crippen LogP contribution >= 0.6 is 11.6 Å². The number of fused-ring (bicyclic) bond motifs is 1. The maximum atomic E-state index is 11.9. The number of nitrogens with zero attached hydrogens (tertiary/aromatic N) is 1. The molecule has 98 valence electrons. The maximum absolute atomic E-state index is 11.9. The molecular formula is C14H18ClNO2. The van der Waals surface area contributed by atoms with Crippen LogP contribution in [0, 0.1) is 0 Å². The number of alkyl halides is 1. The minimum absolute atomic E-state index is 0.0265. The largest absolute Gasteiger partial charge is 0.350 e. The van der Waals surface area contributed by atoms with Crippen LogP contribution in [0.1, 0.15) is 31.9 Å². The smallest absolute Gasteiger partial charge is 0.243 e. The number of carbonyl (C=O) groups is 1. The second-order valence-corrected chi connectivity index (χ2v) is 5.17. The van der Waals surface area contributed by atoms with Gasteiger partial charge in [-0.2, -0.15) is 0 Å². The van der Waals surface area contributed by atoms with Crippen molar-refractivity contribution >= 4 is 23.2 Å². The molecule has 0 aromatic heterocycles. The van der Waals surface area contributed by atoms with E-state index in [0.717, 1.165) is 23.2 Å². The summed E-state index contributed by atoms with van der Waals surface area (Å²) < 4.78 is 5.77. The Labute approximate surface area is 113 Å². The molecule has 0 N–H and O–H groups in total. The summed E-state index contributed by atoms with van der Waals surface area (Å²) in [5.41, 5.74) is 2.81. The highest BCUT2D eigenvalue weighted by Crippen LogP contribution is 2.40. The number of ether oxygens (including phenoxy) is 1. The van der Waals surface area contributed by atoms with Crippen molar-refractivity contribution in [2.24, 2.45) is 0 Å². The molecule has 0 saturated carbocycles. The van der Waals surface area contributed by atoms with Gasteiger partial charge in [0.2, 0.25) is 5.91 Å². The average Bonchev–Trinajstić information content (AvgIpc) is 2.37. The quantitative estimate of drug-likeness (QED) is 0.771. The molecule has 1 aromatic rings. The summed E-state index contributed by atoms with van der Waals surface area (Å²) in [5.74, 6) is -0.143. The number of amides is 1. The van der Waals surface area contributed by atoms with Crippen molar-refractivity contribution in [1.82, 2.24) is 0 Å². The second-order valence-electron chi connectivity index (χ2n) is 4.91. The number of hydrogen-bond donors (Lipinski definition) is 0. The molecule has 3 nitrogen and oxygen atoms in total. The molecule has 1 aliphatic heterocycles. The van der Waals surface area contributed by atoms with E-state index in [1.165, 1.54) is 0 Å². The van der Waals surface area contributed by atoms with Crippen LogP contribution in [0.4, 0.5) is 5.69 Å². The molecule has 0 atom stereocenters. The van der Waals surface area contributed by atoms with Gasteiger partial charge in [0.25, 0.3) is 0 Å². The summed E-state index contributed by atoms with van der Waals surface area (Å²) in [4.78, 5) is 13.6. The fraction of sp³-hybridized carbons (Fsp3) is 0.500.